The fourth-order valence-electron chi connectivity index (χ4n) is 5.26. The molecule has 0 aromatic heterocycles. The molecule has 4 N–H and O–H groups in total. The molecule has 0 saturated carbocycles. The molecule has 5 aromatic rings. The van der Waals surface area contributed by atoms with Crippen LogP contribution in [0.4, 0.5) is 0 Å². The van der Waals surface area contributed by atoms with Crippen LogP contribution < -0.4 is 0 Å². The third kappa shape index (κ3) is 2.29. The number of carbonyl (C=O) groups is 4. The Kier molecular flexibility index (Phi) is 3.69. The Labute approximate surface area is 193 Å². The first-order valence-corrected chi connectivity index (χ1v) is 11.4. The van der Waals surface area contributed by atoms with Gasteiger partial charge < -0.3 is 20.4 Å². The third-order valence-electron chi connectivity index (χ3n) is 6.53. The Morgan fingerprint density at radius 1 is 0.486 bits per heavy atom. The highest BCUT2D eigenvalue weighted by molar-refractivity contribution is 7.92. The molecule has 5 aromatic carbocycles. The summed E-state index contributed by atoms with van der Waals surface area (Å²) in [6, 6.07) is 6.90. The number of sulfone groups is 1. The van der Waals surface area contributed by atoms with Crippen LogP contribution >= 0.6 is 0 Å². The minimum absolute atomic E-state index is 0.0371. The van der Waals surface area contributed by atoms with Gasteiger partial charge in [-0.2, -0.15) is 0 Å². The van der Waals surface area contributed by atoms with Crippen molar-refractivity contribution in [2.75, 3.05) is 0 Å². The molecule has 0 aliphatic carbocycles. The van der Waals surface area contributed by atoms with E-state index in [0.29, 0.717) is 0 Å². The van der Waals surface area contributed by atoms with Gasteiger partial charge in [0.05, 0.1) is 32.0 Å². The van der Waals surface area contributed by atoms with Crippen LogP contribution in [-0.4, -0.2) is 52.7 Å². The lowest BCUT2D eigenvalue weighted by Crippen LogP contribution is -2.07. The minimum atomic E-state index is -4.42. The highest BCUT2D eigenvalue weighted by atomic mass is 32.2. The molecular weight excluding hydrogens is 480 g/mol. The Morgan fingerprint density at radius 2 is 0.829 bits per heavy atom. The molecule has 0 amide bonds. The summed E-state index contributed by atoms with van der Waals surface area (Å²) in [4.78, 5) is 47.4. The van der Waals surface area contributed by atoms with Crippen molar-refractivity contribution in [1.82, 2.24) is 0 Å². The smallest absolute Gasteiger partial charge is 0.336 e. The van der Waals surface area contributed by atoms with Crippen LogP contribution in [0.1, 0.15) is 41.4 Å². The maximum Gasteiger partial charge on any atom is 0.336 e. The van der Waals surface area contributed by atoms with E-state index in [9.17, 15) is 48.0 Å². The van der Waals surface area contributed by atoms with Gasteiger partial charge in [-0.15, -0.1) is 0 Å². The summed E-state index contributed by atoms with van der Waals surface area (Å²) in [5, 5.41) is 39.6. The normalized spacial score (nSPS) is 13.9. The molecule has 172 valence electrons. The van der Waals surface area contributed by atoms with Crippen LogP contribution in [0.2, 0.25) is 0 Å². The number of benzene rings is 5. The molecule has 0 radical (unpaired) electrons. The van der Waals surface area contributed by atoms with E-state index in [1.807, 2.05) is 0 Å². The molecule has 1 aliphatic heterocycles. The molecule has 1 heterocycles. The van der Waals surface area contributed by atoms with E-state index in [4.69, 9.17) is 0 Å². The number of rotatable bonds is 4. The third-order valence-corrected chi connectivity index (χ3v) is 8.34. The first kappa shape index (κ1) is 20.8. The molecular formula is C24H10O10S. The van der Waals surface area contributed by atoms with Gasteiger partial charge in [0, 0.05) is 32.3 Å². The molecule has 1 aliphatic rings. The Morgan fingerprint density at radius 3 is 1.14 bits per heavy atom. The summed E-state index contributed by atoms with van der Waals surface area (Å²) >= 11 is 0. The lowest BCUT2D eigenvalue weighted by Gasteiger charge is -2.17. The summed E-state index contributed by atoms with van der Waals surface area (Å²) < 4.78 is 27.1. The van der Waals surface area contributed by atoms with Gasteiger partial charge in [0.1, 0.15) is 0 Å². The average molecular weight is 490 g/mol. The van der Waals surface area contributed by atoms with Gasteiger partial charge in [0.2, 0.25) is 9.84 Å². The zero-order chi connectivity index (χ0) is 25.1. The van der Waals surface area contributed by atoms with Crippen LogP contribution in [0, 0.1) is 0 Å². The summed E-state index contributed by atoms with van der Waals surface area (Å²) in [7, 11) is -4.42. The van der Waals surface area contributed by atoms with Gasteiger partial charge in [0.15, 0.2) is 0 Å². The molecule has 10 nitrogen and oxygen atoms in total. The molecule has 0 fully saturated rings. The molecule has 11 heteroatoms. The predicted octanol–water partition coefficient (Wildman–Crippen LogP) is 3.68. The first-order valence-electron chi connectivity index (χ1n) is 9.93. The van der Waals surface area contributed by atoms with Crippen molar-refractivity contribution < 1.29 is 48.0 Å². The molecule has 0 spiro atoms. The zero-order valence-corrected chi connectivity index (χ0v) is 17.9. The largest absolute Gasteiger partial charge is 0.478 e. The molecule has 0 saturated heterocycles. The fraction of sp³-hybridized carbons (Fsp3) is 0. The molecule has 35 heavy (non-hydrogen) atoms. The Hall–Kier alpha value is -4.77. The highest BCUT2D eigenvalue weighted by Gasteiger charge is 2.38. The Bertz CT molecular complexity index is 1880. The first-order chi connectivity index (χ1) is 16.5. The molecule has 0 unspecified atom stereocenters. The molecule has 0 bridgehead atoms. The predicted molar refractivity (Wildman–Crippen MR) is 121 cm³/mol. The van der Waals surface area contributed by atoms with Crippen LogP contribution in [0.5, 0.6) is 0 Å². The van der Waals surface area contributed by atoms with Crippen molar-refractivity contribution in [3.8, 4) is 0 Å². The van der Waals surface area contributed by atoms with E-state index in [-0.39, 0.29) is 54.2 Å². The summed E-state index contributed by atoms with van der Waals surface area (Å²) in [6.45, 7) is 0. The van der Waals surface area contributed by atoms with E-state index in [2.05, 4.69) is 0 Å². The van der Waals surface area contributed by atoms with Crippen molar-refractivity contribution in [2.45, 2.75) is 9.79 Å². The number of carboxylic acid groups (broad SMARTS) is 4. The number of fused-ring (bicyclic) bond motifs is 1. The monoisotopic (exact) mass is 490 g/mol. The van der Waals surface area contributed by atoms with Crippen molar-refractivity contribution >= 4 is 76.8 Å². The van der Waals surface area contributed by atoms with Gasteiger partial charge in [-0.3, -0.25) is 0 Å². The second kappa shape index (κ2) is 6.21. The topological polar surface area (TPSA) is 183 Å². The summed E-state index contributed by atoms with van der Waals surface area (Å²) in [5.74, 6) is -5.92. The van der Waals surface area contributed by atoms with E-state index in [0.717, 1.165) is 12.1 Å². The minimum Gasteiger partial charge on any atom is -0.478 e. The lowest BCUT2D eigenvalue weighted by molar-refractivity contribution is 0.0681. The number of carboxylic acids is 4. The summed E-state index contributed by atoms with van der Waals surface area (Å²) in [6.07, 6.45) is 0. The SMILES string of the molecule is O=C(O)c1ccc2c3ccc(C(=O)O)c4c(C(=O)O)cc5c(c6c(cc(C(=O)O)c1c26)S5(=O)=O)c43. The van der Waals surface area contributed by atoms with Crippen LogP contribution in [0.3, 0.4) is 0 Å². The van der Waals surface area contributed by atoms with Gasteiger partial charge in [-0.1, -0.05) is 12.1 Å². The summed E-state index contributed by atoms with van der Waals surface area (Å²) in [5.41, 5.74) is -1.76. The second-order valence-corrected chi connectivity index (χ2v) is 10.0. The van der Waals surface area contributed by atoms with E-state index in [1.165, 1.54) is 24.3 Å². The molecule has 0 atom stereocenters. The fourth-order valence-corrected chi connectivity index (χ4v) is 6.99. The van der Waals surface area contributed by atoms with Crippen LogP contribution in [0.25, 0.3) is 43.1 Å². The number of hydrogen-bond acceptors (Lipinski definition) is 6. The van der Waals surface area contributed by atoms with Crippen LogP contribution in [-0.2, 0) is 9.84 Å². The van der Waals surface area contributed by atoms with E-state index < -0.39 is 54.6 Å². The van der Waals surface area contributed by atoms with Crippen LogP contribution in [0.15, 0.2) is 46.2 Å². The molecule has 6 rings (SSSR count). The number of aromatic carboxylic acids is 4. The van der Waals surface area contributed by atoms with Gasteiger partial charge in [0.25, 0.3) is 0 Å². The zero-order valence-electron chi connectivity index (χ0n) is 17.1. The van der Waals surface area contributed by atoms with Gasteiger partial charge in [-0.25, -0.2) is 27.6 Å². The van der Waals surface area contributed by atoms with E-state index in [1.54, 1.807) is 0 Å². The van der Waals surface area contributed by atoms with Gasteiger partial charge >= 0.3 is 23.9 Å². The van der Waals surface area contributed by atoms with Crippen molar-refractivity contribution in [1.29, 1.82) is 0 Å². The average Bonchev–Trinajstić information content (AvgIpc) is 3.02. The second-order valence-electron chi connectivity index (χ2n) is 8.14. The maximum absolute atomic E-state index is 13.6. The van der Waals surface area contributed by atoms with Crippen molar-refractivity contribution in [3.63, 3.8) is 0 Å². The number of hydrogen-bond donors (Lipinski definition) is 4. The van der Waals surface area contributed by atoms with Gasteiger partial charge in [-0.05, 0) is 35.0 Å². The van der Waals surface area contributed by atoms with Crippen molar-refractivity contribution in [2.24, 2.45) is 0 Å². The maximum atomic E-state index is 13.6. The highest BCUT2D eigenvalue weighted by Crippen LogP contribution is 2.53. The Balaban J connectivity index is 2.09. The van der Waals surface area contributed by atoms with Crippen molar-refractivity contribution in [3.05, 3.63) is 58.7 Å². The van der Waals surface area contributed by atoms with E-state index >= 15 is 0 Å². The lowest BCUT2D eigenvalue weighted by atomic mass is 9.84. The standard InChI is InChI=1S/C24H10O10S/c25-21(26)9-3-1-7-8-2-4-10(22(27)28)16-12(24(31)32)6-14-20(18(8)16)19-13(35(14,33)34)5-11(23(29)30)15(9)17(7)19/h1-6H,(H,25,26)(H,27,28)(H,29,30)(H,31,32). The quantitative estimate of drug-likeness (QED) is 0.210.